The lowest BCUT2D eigenvalue weighted by Crippen LogP contribution is -2.32. The van der Waals surface area contributed by atoms with Crippen LogP contribution in [0.2, 0.25) is 0 Å². The number of rotatable bonds is 15. The summed E-state index contributed by atoms with van der Waals surface area (Å²) in [4.78, 5) is 2.32. The second-order valence-electron chi connectivity index (χ2n) is 4.92. The Morgan fingerprint density at radius 2 is 1.22 bits per heavy atom. The summed E-state index contributed by atoms with van der Waals surface area (Å²) >= 11 is 0. The van der Waals surface area contributed by atoms with E-state index in [0.29, 0.717) is 26.4 Å². The molecular weight excluding hydrogens is 305 g/mol. The first-order valence-corrected chi connectivity index (χ1v) is 8.22. The van der Waals surface area contributed by atoms with Gasteiger partial charge in [0.05, 0.1) is 39.6 Å². The molecule has 0 unspecified atom stereocenters. The lowest BCUT2D eigenvalue weighted by Gasteiger charge is -2.22. The largest absolute Gasteiger partial charge is 0.631 e. The molecule has 0 aliphatic heterocycles. The first kappa shape index (κ1) is 25.0. The summed E-state index contributed by atoms with van der Waals surface area (Å²) in [6.07, 6.45) is 5.00. The van der Waals surface area contributed by atoms with Gasteiger partial charge in [-0.2, -0.15) is 0 Å². The topological polar surface area (TPSA) is 123 Å². The van der Waals surface area contributed by atoms with Gasteiger partial charge in [0.1, 0.15) is 0 Å². The van der Waals surface area contributed by atoms with Crippen LogP contribution in [0.3, 0.4) is 0 Å². The van der Waals surface area contributed by atoms with Crippen LogP contribution in [0, 0.1) is 0 Å². The Labute approximate surface area is 139 Å². The van der Waals surface area contributed by atoms with Gasteiger partial charge in [0.2, 0.25) is 0 Å². The van der Waals surface area contributed by atoms with Crippen molar-refractivity contribution in [2.24, 2.45) is 0 Å². The highest BCUT2D eigenvalue weighted by atomic mass is 16.5. The Kier molecular flexibility index (Phi) is 23.6. The van der Waals surface area contributed by atoms with Crippen molar-refractivity contribution in [3.8, 4) is 0 Å². The molecule has 0 heterocycles. The molecule has 9 heteroatoms. The Morgan fingerprint density at radius 3 is 1.61 bits per heavy atom. The molecule has 140 valence electrons. The molecular formula is C14H34BNO7. The van der Waals surface area contributed by atoms with E-state index in [1.165, 1.54) is 25.7 Å². The van der Waals surface area contributed by atoms with E-state index in [-0.39, 0.29) is 13.2 Å². The van der Waals surface area contributed by atoms with Crippen molar-refractivity contribution in [1.29, 1.82) is 0 Å². The summed E-state index contributed by atoms with van der Waals surface area (Å²) in [6.45, 7) is 7.28. The Bertz CT molecular complexity index is 182. The summed E-state index contributed by atoms with van der Waals surface area (Å²) in [5, 5.41) is 38.8. The van der Waals surface area contributed by atoms with Gasteiger partial charge in [0.15, 0.2) is 0 Å². The SMILES string of the molecule is CCCCCCN(CCOCCO)CCOCCO.OB(O)O. The van der Waals surface area contributed by atoms with Gasteiger partial charge in [-0.1, -0.05) is 26.2 Å². The van der Waals surface area contributed by atoms with Crippen LogP contribution in [0.15, 0.2) is 0 Å². The Hall–Kier alpha value is -0.255. The summed E-state index contributed by atoms with van der Waals surface area (Å²) < 4.78 is 10.6. The van der Waals surface area contributed by atoms with Crippen LogP contribution in [0.4, 0.5) is 0 Å². The van der Waals surface area contributed by atoms with Crippen molar-refractivity contribution in [2.75, 3.05) is 59.3 Å². The molecule has 0 aromatic heterocycles. The van der Waals surface area contributed by atoms with Crippen molar-refractivity contribution in [3.63, 3.8) is 0 Å². The second kappa shape index (κ2) is 21.7. The van der Waals surface area contributed by atoms with Gasteiger partial charge in [-0.25, -0.2) is 0 Å². The number of ether oxygens (including phenoxy) is 2. The maximum absolute atomic E-state index is 8.65. The number of hydrogen-bond donors (Lipinski definition) is 5. The minimum atomic E-state index is -2.17. The zero-order chi connectivity index (χ0) is 17.8. The average Bonchev–Trinajstić information content (AvgIpc) is 2.50. The smallest absolute Gasteiger partial charge is 0.402 e. The molecule has 0 radical (unpaired) electrons. The summed E-state index contributed by atoms with van der Waals surface area (Å²) in [5.41, 5.74) is 0. The van der Waals surface area contributed by atoms with Crippen LogP contribution in [-0.4, -0.2) is 96.8 Å². The molecule has 0 atom stereocenters. The van der Waals surface area contributed by atoms with Crippen molar-refractivity contribution in [3.05, 3.63) is 0 Å². The van der Waals surface area contributed by atoms with Crippen LogP contribution in [0.5, 0.6) is 0 Å². The molecule has 0 spiro atoms. The van der Waals surface area contributed by atoms with E-state index >= 15 is 0 Å². The Morgan fingerprint density at radius 1 is 0.739 bits per heavy atom. The zero-order valence-electron chi connectivity index (χ0n) is 14.3. The third-order valence-corrected chi connectivity index (χ3v) is 2.90. The van der Waals surface area contributed by atoms with Gasteiger partial charge in [-0.15, -0.1) is 0 Å². The minimum Gasteiger partial charge on any atom is -0.402 e. The van der Waals surface area contributed by atoms with E-state index in [1.807, 2.05) is 0 Å². The highest BCUT2D eigenvalue weighted by molar-refractivity contribution is 6.30. The second-order valence-corrected chi connectivity index (χ2v) is 4.92. The first-order chi connectivity index (χ1) is 11.1. The minimum absolute atomic E-state index is 0.0795. The van der Waals surface area contributed by atoms with Crippen LogP contribution in [0.1, 0.15) is 32.6 Å². The number of hydrogen-bond acceptors (Lipinski definition) is 8. The molecule has 8 nitrogen and oxygen atoms in total. The van der Waals surface area contributed by atoms with Crippen molar-refractivity contribution in [2.45, 2.75) is 32.6 Å². The van der Waals surface area contributed by atoms with Crippen LogP contribution in [-0.2, 0) is 9.47 Å². The summed E-state index contributed by atoms with van der Waals surface area (Å²) in [5.74, 6) is 0. The molecule has 0 rings (SSSR count). The van der Waals surface area contributed by atoms with E-state index in [4.69, 9.17) is 34.8 Å². The predicted molar refractivity (Wildman–Crippen MR) is 88.8 cm³/mol. The van der Waals surface area contributed by atoms with Gasteiger partial charge >= 0.3 is 7.32 Å². The van der Waals surface area contributed by atoms with E-state index in [0.717, 1.165) is 19.6 Å². The highest BCUT2D eigenvalue weighted by Crippen LogP contribution is 2.01. The molecule has 0 fully saturated rings. The van der Waals surface area contributed by atoms with Gasteiger partial charge in [-0.3, -0.25) is 4.90 Å². The van der Waals surface area contributed by atoms with Crippen LogP contribution >= 0.6 is 0 Å². The molecule has 0 aliphatic carbocycles. The van der Waals surface area contributed by atoms with E-state index < -0.39 is 7.32 Å². The standard InChI is InChI=1S/C14H31NO4.BH3O3/c1-2-3-4-5-6-15(7-11-18-13-9-16)8-12-19-14-10-17;2-1(3)4/h16-17H,2-14H2,1H3;2-4H. The number of aliphatic hydroxyl groups excluding tert-OH is 2. The molecule has 23 heavy (non-hydrogen) atoms. The highest BCUT2D eigenvalue weighted by Gasteiger charge is 2.04. The van der Waals surface area contributed by atoms with Crippen LogP contribution in [0.25, 0.3) is 0 Å². The number of aliphatic hydroxyl groups is 2. The van der Waals surface area contributed by atoms with Gasteiger partial charge in [0.25, 0.3) is 0 Å². The van der Waals surface area contributed by atoms with E-state index in [2.05, 4.69) is 11.8 Å². The fraction of sp³-hybridized carbons (Fsp3) is 1.00. The molecule has 0 aromatic rings. The fourth-order valence-corrected chi connectivity index (χ4v) is 1.82. The molecule has 0 bridgehead atoms. The molecule has 0 amide bonds. The maximum Gasteiger partial charge on any atom is 0.631 e. The van der Waals surface area contributed by atoms with Gasteiger partial charge in [0, 0.05) is 13.1 Å². The lowest BCUT2D eigenvalue weighted by atomic mass is 10.2. The van der Waals surface area contributed by atoms with Gasteiger partial charge < -0.3 is 34.8 Å². The van der Waals surface area contributed by atoms with Crippen molar-refractivity contribution < 1.29 is 34.8 Å². The number of unbranched alkanes of at least 4 members (excludes halogenated alkanes) is 3. The molecule has 0 saturated carbocycles. The fourth-order valence-electron chi connectivity index (χ4n) is 1.82. The van der Waals surface area contributed by atoms with Crippen molar-refractivity contribution in [1.82, 2.24) is 4.90 Å². The average molecular weight is 339 g/mol. The summed E-state index contributed by atoms with van der Waals surface area (Å²) in [6, 6.07) is 0. The van der Waals surface area contributed by atoms with Crippen LogP contribution < -0.4 is 0 Å². The third kappa shape index (κ3) is 26.9. The summed E-state index contributed by atoms with van der Waals surface area (Å²) in [7, 11) is -2.17. The molecule has 5 N–H and O–H groups in total. The first-order valence-electron chi connectivity index (χ1n) is 8.22. The number of nitrogens with zero attached hydrogens (tertiary/aromatic N) is 1. The molecule has 0 aliphatic rings. The monoisotopic (exact) mass is 339 g/mol. The predicted octanol–water partition coefficient (Wildman–Crippen LogP) is -1.17. The Balaban J connectivity index is 0. The quantitative estimate of drug-likeness (QED) is 0.187. The molecule has 0 aromatic carbocycles. The van der Waals surface area contributed by atoms with E-state index in [1.54, 1.807) is 0 Å². The lowest BCUT2D eigenvalue weighted by molar-refractivity contribution is 0.0503. The normalized spacial score (nSPS) is 10.6. The van der Waals surface area contributed by atoms with Crippen molar-refractivity contribution >= 4 is 7.32 Å². The van der Waals surface area contributed by atoms with Gasteiger partial charge in [-0.05, 0) is 13.0 Å². The van der Waals surface area contributed by atoms with E-state index in [9.17, 15) is 0 Å². The zero-order valence-corrected chi connectivity index (χ0v) is 14.3. The molecule has 0 saturated heterocycles. The third-order valence-electron chi connectivity index (χ3n) is 2.90. The maximum atomic E-state index is 8.65.